The average Bonchev–Trinajstić information content (AvgIpc) is 2.42. The van der Waals surface area contributed by atoms with E-state index in [9.17, 15) is 15.2 Å². The van der Waals surface area contributed by atoms with E-state index in [1.54, 1.807) is 24.3 Å². The molecule has 0 spiro atoms. The summed E-state index contributed by atoms with van der Waals surface area (Å²) in [5, 5.41) is 20.6. The number of halogens is 2. The van der Waals surface area contributed by atoms with Crippen LogP contribution in [0.3, 0.4) is 0 Å². The zero-order valence-electron chi connectivity index (χ0n) is 10.0. The fourth-order valence-corrected chi connectivity index (χ4v) is 2.20. The number of nitro benzene ring substituents is 1. The molecular formula is C13H9BrClNO4. The Morgan fingerprint density at radius 2 is 2.10 bits per heavy atom. The summed E-state index contributed by atoms with van der Waals surface area (Å²) in [6.45, 7) is -0.278. The predicted octanol–water partition coefficient (Wildman–Crippen LogP) is 4.30. The first-order valence-corrected chi connectivity index (χ1v) is 6.70. The van der Waals surface area contributed by atoms with Crippen molar-refractivity contribution < 1.29 is 14.8 Å². The molecule has 2 rings (SSSR count). The predicted molar refractivity (Wildman–Crippen MR) is 78.2 cm³/mol. The molecule has 0 aliphatic heterocycles. The Hall–Kier alpha value is -1.63. The van der Waals surface area contributed by atoms with Gasteiger partial charge >= 0.3 is 5.69 Å². The van der Waals surface area contributed by atoms with Gasteiger partial charge in [0.05, 0.1) is 16.6 Å². The lowest BCUT2D eigenvalue weighted by Crippen LogP contribution is -1.96. The van der Waals surface area contributed by atoms with Crippen molar-refractivity contribution in [3.8, 4) is 11.5 Å². The summed E-state index contributed by atoms with van der Waals surface area (Å²) >= 11 is 9.17. The van der Waals surface area contributed by atoms with E-state index in [1.807, 2.05) is 0 Å². The Bertz CT molecular complexity index is 663. The largest absolute Gasteiger partial charge is 0.448 e. The number of rotatable bonds is 4. The van der Waals surface area contributed by atoms with Gasteiger partial charge in [0.25, 0.3) is 0 Å². The van der Waals surface area contributed by atoms with Gasteiger partial charge in [-0.3, -0.25) is 10.1 Å². The summed E-state index contributed by atoms with van der Waals surface area (Å²) in [4.78, 5) is 10.5. The molecule has 5 nitrogen and oxygen atoms in total. The lowest BCUT2D eigenvalue weighted by atomic mass is 10.2. The molecule has 0 heterocycles. The van der Waals surface area contributed by atoms with Gasteiger partial charge in [0.2, 0.25) is 5.75 Å². The van der Waals surface area contributed by atoms with E-state index in [2.05, 4.69) is 15.9 Å². The fourth-order valence-electron chi connectivity index (χ4n) is 1.62. The van der Waals surface area contributed by atoms with Crippen molar-refractivity contribution in [1.82, 2.24) is 0 Å². The zero-order valence-corrected chi connectivity index (χ0v) is 12.4. The number of ether oxygens (including phenoxy) is 1. The summed E-state index contributed by atoms with van der Waals surface area (Å²) in [7, 11) is 0. The number of hydrogen-bond acceptors (Lipinski definition) is 4. The van der Waals surface area contributed by atoms with E-state index in [-0.39, 0.29) is 28.8 Å². The summed E-state index contributed by atoms with van der Waals surface area (Å²) < 4.78 is 6.09. The molecule has 0 atom stereocenters. The third-order valence-electron chi connectivity index (χ3n) is 2.55. The molecule has 0 amide bonds. The van der Waals surface area contributed by atoms with Crippen LogP contribution in [0.15, 0.2) is 40.9 Å². The summed E-state index contributed by atoms with van der Waals surface area (Å²) in [6, 6.07) is 9.30. The maximum atomic E-state index is 11.0. The van der Waals surface area contributed by atoms with Crippen LogP contribution in [0.1, 0.15) is 5.56 Å². The molecule has 0 aromatic heterocycles. The van der Waals surface area contributed by atoms with Gasteiger partial charge < -0.3 is 9.84 Å². The average molecular weight is 359 g/mol. The lowest BCUT2D eigenvalue weighted by molar-refractivity contribution is -0.385. The summed E-state index contributed by atoms with van der Waals surface area (Å²) in [5.41, 5.74) is 0.262. The molecule has 0 aliphatic rings. The molecule has 0 unspecified atom stereocenters. The first-order chi connectivity index (χ1) is 9.52. The van der Waals surface area contributed by atoms with Crippen LogP contribution in [0.2, 0.25) is 5.02 Å². The van der Waals surface area contributed by atoms with Crippen molar-refractivity contribution in [1.29, 1.82) is 0 Å². The lowest BCUT2D eigenvalue weighted by Gasteiger charge is -2.11. The van der Waals surface area contributed by atoms with Gasteiger partial charge in [-0.15, -0.1) is 0 Å². The molecule has 2 aromatic carbocycles. The first-order valence-electron chi connectivity index (χ1n) is 5.53. The van der Waals surface area contributed by atoms with Gasteiger partial charge in [-0.05, 0) is 18.2 Å². The molecule has 0 radical (unpaired) electrons. The Morgan fingerprint density at radius 1 is 1.35 bits per heavy atom. The monoisotopic (exact) mass is 357 g/mol. The maximum Gasteiger partial charge on any atom is 0.312 e. The molecule has 2 aromatic rings. The van der Waals surface area contributed by atoms with Gasteiger partial charge in [0.1, 0.15) is 0 Å². The van der Waals surface area contributed by atoms with Crippen molar-refractivity contribution >= 4 is 33.2 Å². The normalized spacial score (nSPS) is 10.3. The molecule has 104 valence electrons. The second kappa shape index (κ2) is 6.21. The van der Waals surface area contributed by atoms with Gasteiger partial charge in [-0.2, -0.15) is 0 Å². The number of aliphatic hydroxyl groups is 1. The highest BCUT2D eigenvalue weighted by Gasteiger charge is 2.18. The van der Waals surface area contributed by atoms with Crippen LogP contribution < -0.4 is 4.74 Å². The minimum absolute atomic E-state index is 0.0565. The van der Waals surface area contributed by atoms with E-state index < -0.39 is 4.92 Å². The van der Waals surface area contributed by atoms with Crippen LogP contribution in [0.25, 0.3) is 0 Å². The third kappa shape index (κ3) is 3.09. The molecule has 0 bridgehead atoms. The molecule has 0 saturated heterocycles. The standard InChI is InChI=1S/C13H9BrClNO4/c14-9-4-5-12(11(6-9)16(18)19)20-13-8(7-17)2-1-3-10(13)15/h1-6,17H,7H2. The van der Waals surface area contributed by atoms with E-state index in [4.69, 9.17) is 16.3 Å². The smallest absolute Gasteiger partial charge is 0.312 e. The highest BCUT2D eigenvalue weighted by molar-refractivity contribution is 9.10. The Balaban J connectivity index is 2.48. The molecule has 0 aliphatic carbocycles. The minimum atomic E-state index is -0.546. The van der Waals surface area contributed by atoms with E-state index in [0.29, 0.717) is 10.0 Å². The van der Waals surface area contributed by atoms with E-state index in [0.717, 1.165) is 0 Å². The number of nitrogens with zero attached hydrogens (tertiary/aromatic N) is 1. The first kappa shape index (κ1) is 14.8. The highest BCUT2D eigenvalue weighted by Crippen LogP contribution is 2.38. The van der Waals surface area contributed by atoms with E-state index in [1.165, 1.54) is 12.1 Å². The van der Waals surface area contributed by atoms with Crippen molar-refractivity contribution in [2.24, 2.45) is 0 Å². The quantitative estimate of drug-likeness (QED) is 0.653. The van der Waals surface area contributed by atoms with Crippen LogP contribution in [-0.2, 0) is 6.61 Å². The minimum Gasteiger partial charge on any atom is -0.448 e. The van der Waals surface area contributed by atoms with Crippen LogP contribution in [0.4, 0.5) is 5.69 Å². The van der Waals surface area contributed by atoms with Crippen LogP contribution in [-0.4, -0.2) is 10.0 Å². The number of aliphatic hydroxyl groups excluding tert-OH is 1. The number of para-hydroxylation sites is 1. The Kier molecular flexibility index (Phi) is 4.59. The van der Waals surface area contributed by atoms with Crippen molar-refractivity contribution in [3.63, 3.8) is 0 Å². The Labute approximate surface area is 128 Å². The van der Waals surface area contributed by atoms with Crippen LogP contribution in [0, 0.1) is 10.1 Å². The molecule has 20 heavy (non-hydrogen) atoms. The molecule has 7 heteroatoms. The number of benzene rings is 2. The van der Waals surface area contributed by atoms with Crippen molar-refractivity contribution in [2.45, 2.75) is 6.61 Å². The van der Waals surface area contributed by atoms with Crippen LogP contribution in [0.5, 0.6) is 11.5 Å². The molecular weight excluding hydrogens is 350 g/mol. The number of nitro groups is 1. The maximum absolute atomic E-state index is 11.0. The topological polar surface area (TPSA) is 72.6 Å². The molecule has 0 saturated carbocycles. The van der Waals surface area contributed by atoms with Gasteiger partial charge in [0.15, 0.2) is 5.75 Å². The Morgan fingerprint density at radius 3 is 2.75 bits per heavy atom. The second-order valence-electron chi connectivity index (χ2n) is 3.86. The summed E-state index contributed by atoms with van der Waals surface area (Å²) in [5.74, 6) is 0.267. The molecule has 0 fully saturated rings. The van der Waals surface area contributed by atoms with Crippen molar-refractivity contribution in [3.05, 3.63) is 61.6 Å². The van der Waals surface area contributed by atoms with Gasteiger partial charge in [-0.1, -0.05) is 39.7 Å². The van der Waals surface area contributed by atoms with E-state index >= 15 is 0 Å². The van der Waals surface area contributed by atoms with Gasteiger partial charge in [-0.25, -0.2) is 0 Å². The number of hydrogen-bond donors (Lipinski definition) is 1. The molecule has 1 N–H and O–H groups in total. The highest BCUT2D eigenvalue weighted by atomic mass is 79.9. The SMILES string of the molecule is O=[N+]([O-])c1cc(Br)ccc1Oc1c(Cl)cccc1CO. The second-order valence-corrected chi connectivity index (χ2v) is 5.18. The zero-order chi connectivity index (χ0) is 14.7. The van der Waals surface area contributed by atoms with Gasteiger partial charge in [0, 0.05) is 16.1 Å². The summed E-state index contributed by atoms with van der Waals surface area (Å²) in [6.07, 6.45) is 0. The van der Waals surface area contributed by atoms with Crippen molar-refractivity contribution in [2.75, 3.05) is 0 Å². The van der Waals surface area contributed by atoms with Crippen LogP contribution >= 0.6 is 27.5 Å². The third-order valence-corrected chi connectivity index (χ3v) is 3.34. The fraction of sp³-hybridized carbons (Fsp3) is 0.0769.